The highest BCUT2D eigenvalue weighted by molar-refractivity contribution is 5.90. The van der Waals surface area contributed by atoms with Gasteiger partial charge in [-0.1, -0.05) is 0 Å². The van der Waals surface area contributed by atoms with E-state index in [1.165, 1.54) is 6.92 Å². The lowest BCUT2D eigenvalue weighted by atomic mass is 10.2. The number of methoxy groups -OCH3 is 1. The van der Waals surface area contributed by atoms with Crippen LogP contribution >= 0.6 is 0 Å². The van der Waals surface area contributed by atoms with Crippen molar-refractivity contribution in [1.82, 2.24) is 4.98 Å². The number of aromatic hydroxyl groups is 1. The van der Waals surface area contributed by atoms with Crippen molar-refractivity contribution in [1.29, 1.82) is 0 Å². The second kappa shape index (κ2) is 4.48. The van der Waals surface area contributed by atoms with Gasteiger partial charge < -0.3 is 14.6 Å². The van der Waals surface area contributed by atoms with Crippen molar-refractivity contribution < 1.29 is 32.5 Å². The third kappa shape index (κ3) is 3.23. The zero-order chi connectivity index (χ0) is 13.2. The Morgan fingerprint density at radius 2 is 2.06 bits per heavy atom. The number of ether oxygens (including phenoxy) is 2. The summed E-state index contributed by atoms with van der Waals surface area (Å²) in [5.41, 5.74) is -0.704. The van der Waals surface area contributed by atoms with Gasteiger partial charge in [0.05, 0.1) is 7.11 Å². The van der Waals surface area contributed by atoms with Crippen LogP contribution in [0.4, 0.5) is 13.2 Å². The second-order valence-electron chi connectivity index (χ2n) is 3.02. The summed E-state index contributed by atoms with van der Waals surface area (Å²) in [5, 5.41) is 9.32. The Balaban J connectivity index is 3.19. The molecule has 5 nitrogen and oxygen atoms in total. The molecule has 0 aliphatic carbocycles. The fourth-order valence-electron chi connectivity index (χ4n) is 1.04. The smallest absolute Gasteiger partial charge is 0.505 e. The Labute approximate surface area is 93.8 Å². The number of aryl methyl sites for hydroxylation is 1. The largest absolute Gasteiger partial charge is 0.574 e. The fraction of sp³-hybridized carbons (Fsp3) is 0.333. The van der Waals surface area contributed by atoms with E-state index in [2.05, 4.69) is 14.5 Å². The molecule has 0 aliphatic heterocycles. The SMILES string of the molecule is COC(=O)c1nc(OC(F)(F)F)c(C)cc1O. The molecule has 0 aliphatic rings. The maximum Gasteiger partial charge on any atom is 0.574 e. The minimum absolute atomic E-state index is 0.0625. The van der Waals surface area contributed by atoms with Crippen molar-refractivity contribution in [2.24, 2.45) is 0 Å². The van der Waals surface area contributed by atoms with E-state index in [1.807, 2.05) is 0 Å². The van der Waals surface area contributed by atoms with Gasteiger partial charge in [-0.05, 0) is 13.0 Å². The first-order valence-corrected chi connectivity index (χ1v) is 4.29. The zero-order valence-corrected chi connectivity index (χ0v) is 8.83. The van der Waals surface area contributed by atoms with E-state index in [4.69, 9.17) is 0 Å². The molecule has 0 fully saturated rings. The van der Waals surface area contributed by atoms with E-state index in [0.717, 1.165) is 13.2 Å². The maximum absolute atomic E-state index is 12.0. The predicted molar refractivity (Wildman–Crippen MR) is 48.7 cm³/mol. The highest BCUT2D eigenvalue weighted by atomic mass is 19.4. The van der Waals surface area contributed by atoms with Gasteiger partial charge in [-0.15, -0.1) is 13.2 Å². The third-order valence-corrected chi connectivity index (χ3v) is 1.74. The molecule has 94 valence electrons. The van der Waals surface area contributed by atoms with E-state index < -0.39 is 29.7 Å². The Morgan fingerprint density at radius 3 is 2.53 bits per heavy atom. The van der Waals surface area contributed by atoms with E-state index in [9.17, 15) is 23.1 Å². The van der Waals surface area contributed by atoms with Crippen LogP contribution < -0.4 is 4.74 Å². The van der Waals surface area contributed by atoms with Crippen LogP contribution in [0.3, 0.4) is 0 Å². The number of hydrogen-bond donors (Lipinski definition) is 1. The van der Waals surface area contributed by atoms with Crippen molar-refractivity contribution in [3.8, 4) is 11.6 Å². The highest BCUT2D eigenvalue weighted by Crippen LogP contribution is 2.28. The van der Waals surface area contributed by atoms with Crippen molar-refractivity contribution in [2.45, 2.75) is 13.3 Å². The van der Waals surface area contributed by atoms with Gasteiger partial charge in [-0.2, -0.15) is 0 Å². The molecule has 1 rings (SSSR count). The van der Waals surface area contributed by atoms with E-state index in [1.54, 1.807) is 0 Å². The molecular weight excluding hydrogens is 243 g/mol. The van der Waals surface area contributed by atoms with Gasteiger partial charge in [0.25, 0.3) is 0 Å². The van der Waals surface area contributed by atoms with Gasteiger partial charge in [-0.25, -0.2) is 9.78 Å². The van der Waals surface area contributed by atoms with Gasteiger partial charge in [0.1, 0.15) is 5.75 Å². The number of pyridine rings is 1. The minimum atomic E-state index is -4.93. The summed E-state index contributed by atoms with van der Waals surface area (Å²) in [5.74, 6) is -2.45. The van der Waals surface area contributed by atoms with Crippen LogP contribution in [0.1, 0.15) is 16.1 Å². The minimum Gasteiger partial charge on any atom is -0.505 e. The number of aromatic nitrogens is 1. The Bertz CT molecular complexity index is 445. The average molecular weight is 251 g/mol. The summed E-state index contributed by atoms with van der Waals surface area (Å²) in [6.45, 7) is 1.24. The van der Waals surface area contributed by atoms with Gasteiger partial charge in [0.2, 0.25) is 5.88 Å². The van der Waals surface area contributed by atoms with Crippen LogP contribution in [0.25, 0.3) is 0 Å². The van der Waals surface area contributed by atoms with Crippen LogP contribution in [0.15, 0.2) is 6.07 Å². The molecule has 0 saturated heterocycles. The van der Waals surface area contributed by atoms with Crippen LogP contribution in [0.2, 0.25) is 0 Å². The second-order valence-corrected chi connectivity index (χ2v) is 3.02. The number of alkyl halides is 3. The molecule has 0 saturated carbocycles. The molecule has 0 radical (unpaired) electrons. The fourth-order valence-corrected chi connectivity index (χ4v) is 1.04. The monoisotopic (exact) mass is 251 g/mol. The molecule has 17 heavy (non-hydrogen) atoms. The Morgan fingerprint density at radius 1 is 1.47 bits per heavy atom. The Kier molecular flexibility index (Phi) is 3.45. The first-order valence-electron chi connectivity index (χ1n) is 4.29. The van der Waals surface area contributed by atoms with Crippen LogP contribution in [-0.4, -0.2) is 29.5 Å². The number of rotatable bonds is 2. The molecule has 0 unspecified atom stereocenters. The summed E-state index contributed by atoms with van der Waals surface area (Å²) in [6.07, 6.45) is -4.93. The first-order chi connectivity index (χ1) is 7.74. The topological polar surface area (TPSA) is 68.7 Å². The molecule has 0 amide bonds. The highest BCUT2D eigenvalue weighted by Gasteiger charge is 2.33. The lowest BCUT2D eigenvalue weighted by molar-refractivity contribution is -0.276. The van der Waals surface area contributed by atoms with Crippen molar-refractivity contribution in [3.63, 3.8) is 0 Å². The van der Waals surface area contributed by atoms with E-state index in [0.29, 0.717) is 0 Å². The van der Waals surface area contributed by atoms with Crippen LogP contribution in [0, 0.1) is 6.92 Å². The van der Waals surface area contributed by atoms with Gasteiger partial charge >= 0.3 is 12.3 Å². The standard InChI is InChI=1S/C9H8F3NO4/c1-4-3-5(14)6(8(15)16-2)13-7(4)17-9(10,11)12/h3,14H,1-2H3. The number of carbonyl (C=O) groups excluding carboxylic acids is 1. The maximum atomic E-state index is 12.0. The number of nitrogens with zero attached hydrogens (tertiary/aromatic N) is 1. The van der Waals surface area contributed by atoms with Gasteiger partial charge in [0.15, 0.2) is 5.69 Å². The molecule has 1 N–H and O–H groups in total. The van der Waals surface area contributed by atoms with Gasteiger partial charge in [0, 0.05) is 5.56 Å². The molecule has 0 spiro atoms. The van der Waals surface area contributed by atoms with E-state index in [-0.39, 0.29) is 5.56 Å². The molecule has 1 aromatic rings. The van der Waals surface area contributed by atoms with Crippen molar-refractivity contribution >= 4 is 5.97 Å². The number of carbonyl (C=O) groups is 1. The summed E-state index contributed by atoms with van der Waals surface area (Å²) in [7, 11) is 1.01. The number of halogens is 3. The van der Waals surface area contributed by atoms with Crippen molar-refractivity contribution in [2.75, 3.05) is 7.11 Å². The molecule has 0 bridgehead atoms. The zero-order valence-electron chi connectivity index (χ0n) is 8.83. The molecule has 1 aromatic heterocycles. The van der Waals surface area contributed by atoms with Crippen LogP contribution in [0.5, 0.6) is 11.6 Å². The molecule has 8 heteroatoms. The number of hydrogen-bond acceptors (Lipinski definition) is 5. The van der Waals surface area contributed by atoms with E-state index >= 15 is 0 Å². The molecule has 1 heterocycles. The lowest BCUT2D eigenvalue weighted by Crippen LogP contribution is -2.19. The summed E-state index contributed by atoms with van der Waals surface area (Å²) in [6, 6.07) is 0.931. The molecular formula is C9H8F3NO4. The average Bonchev–Trinajstić information content (AvgIpc) is 2.19. The predicted octanol–water partition coefficient (Wildman–Crippen LogP) is 1.78. The number of esters is 1. The van der Waals surface area contributed by atoms with Gasteiger partial charge in [-0.3, -0.25) is 0 Å². The van der Waals surface area contributed by atoms with Crippen LogP contribution in [-0.2, 0) is 4.74 Å². The summed E-state index contributed by atoms with van der Waals surface area (Å²) < 4.78 is 43.8. The molecule has 0 atom stereocenters. The first kappa shape index (κ1) is 13.1. The lowest BCUT2D eigenvalue weighted by Gasteiger charge is -2.11. The summed E-state index contributed by atoms with van der Waals surface area (Å²) in [4.78, 5) is 14.3. The normalized spacial score (nSPS) is 11.1. The quantitative estimate of drug-likeness (QED) is 0.811. The van der Waals surface area contributed by atoms with Crippen molar-refractivity contribution in [3.05, 3.63) is 17.3 Å². The Hall–Kier alpha value is -1.99. The summed E-state index contributed by atoms with van der Waals surface area (Å²) >= 11 is 0. The third-order valence-electron chi connectivity index (χ3n) is 1.74. The molecule has 0 aromatic carbocycles.